The summed E-state index contributed by atoms with van der Waals surface area (Å²) in [5.41, 5.74) is 0.701. The van der Waals surface area contributed by atoms with E-state index in [1.165, 1.54) is 42.0 Å². The molecule has 0 unspecified atom stereocenters. The van der Waals surface area contributed by atoms with Crippen LogP contribution in [-0.2, 0) is 12.5 Å². The van der Waals surface area contributed by atoms with E-state index >= 15 is 0 Å². The van der Waals surface area contributed by atoms with E-state index in [4.69, 9.17) is 0 Å². The van der Waals surface area contributed by atoms with Crippen molar-refractivity contribution >= 4 is 0 Å². The molecule has 0 saturated heterocycles. The smallest absolute Gasteiger partial charge is 0.429 e. The van der Waals surface area contributed by atoms with Crippen molar-refractivity contribution in [3.63, 3.8) is 0 Å². The van der Waals surface area contributed by atoms with E-state index in [1.807, 2.05) is 24.3 Å². The first-order valence-corrected chi connectivity index (χ1v) is 10.8. The van der Waals surface area contributed by atoms with Crippen LogP contribution >= 0.6 is 0 Å². The van der Waals surface area contributed by atoms with Crippen LogP contribution in [0.4, 0.5) is 22.0 Å². The van der Waals surface area contributed by atoms with E-state index < -0.39 is 29.1 Å². The van der Waals surface area contributed by atoms with Crippen LogP contribution in [0.25, 0.3) is 22.3 Å². The average Bonchev–Trinajstić information content (AvgIpc) is 2.79. The maximum Gasteiger partial charge on any atom is 0.432 e. The predicted octanol–water partition coefficient (Wildman–Crippen LogP) is 8.52. The first-order chi connectivity index (χ1) is 16.3. The van der Waals surface area contributed by atoms with E-state index in [0.29, 0.717) is 17.7 Å². The molecule has 0 aliphatic rings. The number of aryl methyl sites for hydroxylation is 1. The molecule has 0 heterocycles. The van der Waals surface area contributed by atoms with Gasteiger partial charge in [-0.05, 0) is 59.0 Å². The molecule has 0 N–H and O–H groups in total. The average molecular weight is 468 g/mol. The van der Waals surface area contributed by atoms with Crippen molar-refractivity contribution in [3.8, 4) is 28.0 Å². The molecule has 0 bridgehead atoms. The van der Waals surface area contributed by atoms with Crippen LogP contribution < -0.4 is 4.74 Å². The molecule has 0 atom stereocenters. The summed E-state index contributed by atoms with van der Waals surface area (Å²) in [7, 11) is 0. The normalized spacial score (nSPS) is 11.5. The Balaban J connectivity index is 1.63. The van der Waals surface area contributed by atoms with E-state index in [9.17, 15) is 22.0 Å². The van der Waals surface area contributed by atoms with Crippen LogP contribution in [0.15, 0.2) is 84.9 Å². The van der Waals surface area contributed by atoms with Gasteiger partial charge in [-0.1, -0.05) is 67.9 Å². The maximum atomic E-state index is 14.9. The van der Waals surface area contributed by atoms with Gasteiger partial charge in [-0.3, -0.25) is 0 Å². The Morgan fingerprint density at radius 3 is 1.85 bits per heavy atom. The highest BCUT2D eigenvalue weighted by molar-refractivity contribution is 5.71. The summed E-state index contributed by atoms with van der Waals surface area (Å²) >= 11 is 0. The Morgan fingerprint density at radius 1 is 0.676 bits per heavy atom. The van der Waals surface area contributed by atoms with Gasteiger partial charge in [0.05, 0.1) is 0 Å². The van der Waals surface area contributed by atoms with Crippen LogP contribution in [0.5, 0.6) is 5.75 Å². The minimum absolute atomic E-state index is 0.108. The third kappa shape index (κ3) is 4.96. The Labute approximate surface area is 194 Å². The fraction of sp³-hybridized carbons (Fsp3) is 0.143. The van der Waals surface area contributed by atoms with E-state index in [0.717, 1.165) is 18.4 Å². The van der Waals surface area contributed by atoms with Gasteiger partial charge in [-0.25, -0.2) is 13.2 Å². The number of benzene rings is 4. The van der Waals surface area contributed by atoms with Gasteiger partial charge >= 0.3 is 6.11 Å². The second-order valence-corrected chi connectivity index (χ2v) is 7.89. The standard InChI is InChI=1S/C28H21F5O/c1-2-6-18-9-11-19(12-10-18)20-13-14-23(24(29)15-20)21-16-25(30)27(26(31)17-21)28(32,33)34-22-7-4-3-5-8-22/h3-5,7-17H,2,6H2,1H3. The molecule has 0 aliphatic heterocycles. The van der Waals surface area contributed by atoms with Crippen LogP contribution in [0.1, 0.15) is 24.5 Å². The second-order valence-electron chi connectivity index (χ2n) is 7.89. The molecule has 0 spiro atoms. The van der Waals surface area contributed by atoms with E-state index in [-0.39, 0.29) is 16.9 Å². The summed E-state index contributed by atoms with van der Waals surface area (Å²) in [6.45, 7) is 2.08. The Kier molecular flexibility index (Phi) is 6.68. The summed E-state index contributed by atoms with van der Waals surface area (Å²) in [5.74, 6) is -4.05. The van der Waals surface area contributed by atoms with E-state index in [1.54, 1.807) is 12.1 Å². The molecule has 174 valence electrons. The summed E-state index contributed by atoms with van der Waals surface area (Å²) in [4.78, 5) is 0. The highest BCUT2D eigenvalue weighted by Gasteiger charge is 2.41. The molecule has 0 aliphatic carbocycles. The fourth-order valence-electron chi connectivity index (χ4n) is 3.78. The van der Waals surface area contributed by atoms with Gasteiger partial charge in [-0.2, -0.15) is 8.78 Å². The number of alkyl halides is 2. The lowest BCUT2D eigenvalue weighted by atomic mass is 9.97. The van der Waals surface area contributed by atoms with Crippen molar-refractivity contribution < 1.29 is 26.7 Å². The zero-order valence-electron chi connectivity index (χ0n) is 18.3. The number of ether oxygens (including phenoxy) is 1. The predicted molar refractivity (Wildman–Crippen MR) is 122 cm³/mol. The minimum atomic E-state index is -4.26. The third-order valence-corrected chi connectivity index (χ3v) is 5.43. The lowest BCUT2D eigenvalue weighted by molar-refractivity contribution is -0.189. The van der Waals surface area contributed by atoms with Crippen molar-refractivity contribution in [2.45, 2.75) is 25.9 Å². The van der Waals surface area contributed by atoms with Gasteiger partial charge in [-0.15, -0.1) is 0 Å². The monoisotopic (exact) mass is 468 g/mol. The summed E-state index contributed by atoms with van der Waals surface area (Å²) in [6, 6.07) is 20.3. The van der Waals surface area contributed by atoms with Crippen molar-refractivity contribution in [1.29, 1.82) is 0 Å². The number of halogens is 5. The number of hydrogen-bond acceptors (Lipinski definition) is 1. The Hall–Kier alpha value is -3.67. The van der Waals surface area contributed by atoms with Crippen molar-refractivity contribution in [3.05, 3.63) is 114 Å². The number of rotatable bonds is 7. The zero-order chi connectivity index (χ0) is 24.3. The van der Waals surface area contributed by atoms with Crippen LogP contribution in [-0.4, -0.2) is 0 Å². The highest BCUT2D eigenvalue weighted by atomic mass is 19.3. The molecule has 4 aromatic rings. The van der Waals surface area contributed by atoms with Crippen LogP contribution in [0.3, 0.4) is 0 Å². The lowest BCUT2D eigenvalue weighted by Gasteiger charge is -2.20. The first-order valence-electron chi connectivity index (χ1n) is 10.8. The summed E-state index contributed by atoms with van der Waals surface area (Å²) in [6.07, 6.45) is -2.31. The zero-order valence-corrected chi connectivity index (χ0v) is 18.3. The molecule has 0 aromatic heterocycles. The third-order valence-electron chi connectivity index (χ3n) is 5.43. The summed E-state index contributed by atoms with van der Waals surface area (Å²) in [5, 5.41) is 0. The molecule has 0 saturated carbocycles. The molecular formula is C28H21F5O. The molecule has 0 amide bonds. The van der Waals surface area contributed by atoms with Gasteiger partial charge in [0.2, 0.25) is 0 Å². The molecule has 1 nitrogen and oxygen atoms in total. The van der Waals surface area contributed by atoms with Gasteiger partial charge in [0.1, 0.15) is 28.8 Å². The van der Waals surface area contributed by atoms with Crippen molar-refractivity contribution in [2.75, 3.05) is 0 Å². The Morgan fingerprint density at radius 2 is 1.26 bits per heavy atom. The fourth-order valence-corrected chi connectivity index (χ4v) is 3.78. The molecule has 4 rings (SSSR count). The molecule has 4 aromatic carbocycles. The van der Waals surface area contributed by atoms with Crippen molar-refractivity contribution in [2.24, 2.45) is 0 Å². The minimum Gasteiger partial charge on any atom is -0.429 e. The number of hydrogen-bond donors (Lipinski definition) is 0. The highest BCUT2D eigenvalue weighted by Crippen LogP contribution is 2.37. The van der Waals surface area contributed by atoms with Gasteiger partial charge in [0.25, 0.3) is 0 Å². The van der Waals surface area contributed by atoms with E-state index in [2.05, 4.69) is 11.7 Å². The largest absolute Gasteiger partial charge is 0.432 e. The van der Waals surface area contributed by atoms with Gasteiger partial charge < -0.3 is 4.74 Å². The first kappa shape index (κ1) is 23.5. The number of para-hydroxylation sites is 1. The maximum absolute atomic E-state index is 14.9. The SMILES string of the molecule is CCCc1ccc(-c2ccc(-c3cc(F)c(C(F)(F)Oc4ccccc4)c(F)c3)c(F)c2)cc1. The molecule has 0 fully saturated rings. The van der Waals surface area contributed by atoms with Crippen molar-refractivity contribution in [1.82, 2.24) is 0 Å². The Bertz CT molecular complexity index is 1260. The second kappa shape index (κ2) is 9.67. The van der Waals surface area contributed by atoms with Gasteiger partial charge in [0, 0.05) is 5.56 Å². The van der Waals surface area contributed by atoms with Crippen LogP contribution in [0, 0.1) is 17.5 Å². The molecule has 34 heavy (non-hydrogen) atoms. The molecular weight excluding hydrogens is 447 g/mol. The lowest BCUT2D eigenvalue weighted by Crippen LogP contribution is -2.25. The molecule has 0 radical (unpaired) electrons. The van der Waals surface area contributed by atoms with Gasteiger partial charge in [0.15, 0.2) is 0 Å². The molecule has 6 heteroatoms. The topological polar surface area (TPSA) is 9.23 Å². The summed E-state index contributed by atoms with van der Waals surface area (Å²) < 4.78 is 77.7. The van der Waals surface area contributed by atoms with Crippen LogP contribution in [0.2, 0.25) is 0 Å². The quantitative estimate of drug-likeness (QED) is 0.247.